The van der Waals surface area contributed by atoms with E-state index in [1.807, 2.05) is 28.9 Å². The third kappa shape index (κ3) is 2.96. The maximum atomic E-state index is 13.3. The molecule has 1 aromatic carbocycles. The molecule has 4 rings (SSSR count). The van der Waals surface area contributed by atoms with Crippen molar-refractivity contribution >= 4 is 17.5 Å². The number of aromatic nitrogens is 2. The lowest BCUT2D eigenvalue weighted by atomic mass is 10.1. The highest BCUT2D eigenvalue weighted by Gasteiger charge is 2.39. The molecule has 1 N–H and O–H groups in total. The molecule has 132 valence electrons. The van der Waals surface area contributed by atoms with Crippen molar-refractivity contribution in [1.29, 1.82) is 0 Å². The molecule has 2 unspecified atom stereocenters. The van der Waals surface area contributed by atoms with Crippen LogP contribution in [0.2, 0.25) is 5.02 Å². The van der Waals surface area contributed by atoms with Crippen LogP contribution in [-0.4, -0.2) is 45.8 Å². The number of hydrogen-bond acceptors (Lipinski definition) is 3. The highest BCUT2D eigenvalue weighted by atomic mass is 35.5. The average Bonchev–Trinajstić information content (AvgIpc) is 3.14. The maximum absolute atomic E-state index is 13.3. The van der Waals surface area contributed by atoms with E-state index in [1.165, 1.54) is 0 Å². The second-order valence-corrected chi connectivity index (χ2v) is 7.28. The van der Waals surface area contributed by atoms with Crippen LogP contribution in [0.5, 0.6) is 0 Å². The van der Waals surface area contributed by atoms with Crippen LogP contribution in [-0.2, 0) is 6.42 Å². The number of hydrogen-bond donors (Lipinski definition) is 1. The molecular weight excluding hydrogens is 336 g/mol. The molecule has 2 aliphatic rings. The molecule has 5 nitrogen and oxygen atoms in total. The van der Waals surface area contributed by atoms with Gasteiger partial charge >= 0.3 is 0 Å². The van der Waals surface area contributed by atoms with E-state index < -0.39 is 0 Å². The zero-order valence-electron chi connectivity index (χ0n) is 14.4. The lowest BCUT2D eigenvalue weighted by Gasteiger charge is -2.28. The molecule has 2 aliphatic heterocycles. The Hall–Kier alpha value is -1.85. The lowest BCUT2D eigenvalue weighted by Crippen LogP contribution is -2.42. The number of halogens is 1. The molecule has 1 aromatic heterocycles. The monoisotopic (exact) mass is 358 g/mol. The largest absolute Gasteiger partial charge is 0.331 e. The molecule has 0 radical (unpaired) electrons. The summed E-state index contributed by atoms with van der Waals surface area (Å²) in [5, 5.41) is 8.62. The van der Waals surface area contributed by atoms with Crippen LogP contribution >= 0.6 is 11.6 Å². The van der Waals surface area contributed by atoms with Crippen molar-refractivity contribution in [2.75, 3.05) is 13.1 Å². The SMILES string of the molecule is CCc1c(C(=O)N2C3CCNCC2CC3)cnn1-c1cccc(Cl)c1. The number of benzene rings is 1. The second-order valence-electron chi connectivity index (χ2n) is 6.84. The van der Waals surface area contributed by atoms with Crippen molar-refractivity contribution < 1.29 is 4.79 Å². The summed E-state index contributed by atoms with van der Waals surface area (Å²) in [7, 11) is 0. The average molecular weight is 359 g/mol. The van der Waals surface area contributed by atoms with Gasteiger partial charge in [0.2, 0.25) is 0 Å². The summed E-state index contributed by atoms with van der Waals surface area (Å²) in [6, 6.07) is 8.24. The summed E-state index contributed by atoms with van der Waals surface area (Å²) in [6.07, 6.45) is 5.70. The van der Waals surface area contributed by atoms with Gasteiger partial charge in [0.05, 0.1) is 23.1 Å². The van der Waals surface area contributed by atoms with Gasteiger partial charge < -0.3 is 10.2 Å². The number of nitrogens with zero attached hydrogens (tertiary/aromatic N) is 3. The maximum Gasteiger partial charge on any atom is 0.257 e. The minimum absolute atomic E-state index is 0.126. The fourth-order valence-electron chi connectivity index (χ4n) is 4.18. The number of carbonyl (C=O) groups is 1. The molecule has 0 aliphatic carbocycles. The molecule has 2 aromatic rings. The van der Waals surface area contributed by atoms with Gasteiger partial charge in [0.25, 0.3) is 5.91 Å². The molecule has 1 amide bonds. The summed E-state index contributed by atoms with van der Waals surface area (Å²) in [4.78, 5) is 15.4. The van der Waals surface area contributed by atoms with Gasteiger partial charge in [0.15, 0.2) is 0 Å². The van der Waals surface area contributed by atoms with Crippen LogP contribution < -0.4 is 5.32 Å². The Morgan fingerprint density at radius 3 is 2.96 bits per heavy atom. The molecule has 2 atom stereocenters. The quantitative estimate of drug-likeness (QED) is 0.917. The molecule has 25 heavy (non-hydrogen) atoms. The normalized spacial score (nSPS) is 22.9. The molecule has 0 spiro atoms. The van der Waals surface area contributed by atoms with Gasteiger partial charge in [-0.15, -0.1) is 0 Å². The molecule has 0 saturated carbocycles. The second kappa shape index (κ2) is 6.81. The van der Waals surface area contributed by atoms with Crippen molar-refractivity contribution in [3.8, 4) is 5.69 Å². The first-order valence-corrected chi connectivity index (χ1v) is 9.43. The van der Waals surface area contributed by atoms with Crippen LogP contribution in [0.3, 0.4) is 0 Å². The van der Waals surface area contributed by atoms with Crippen molar-refractivity contribution in [2.24, 2.45) is 0 Å². The van der Waals surface area contributed by atoms with E-state index in [1.54, 1.807) is 6.20 Å². The Morgan fingerprint density at radius 2 is 2.16 bits per heavy atom. The van der Waals surface area contributed by atoms with E-state index in [9.17, 15) is 4.79 Å². The zero-order valence-corrected chi connectivity index (χ0v) is 15.2. The minimum Gasteiger partial charge on any atom is -0.331 e. The number of rotatable bonds is 3. The van der Waals surface area contributed by atoms with Crippen molar-refractivity contribution in [2.45, 2.75) is 44.7 Å². The van der Waals surface area contributed by atoms with Crippen LogP contribution in [0.4, 0.5) is 0 Å². The number of amides is 1. The van der Waals surface area contributed by atoms with Gasteiger partial charge in [-0.25, -0.2) is 4.68 Å². The Bertz CT molecular complexity index is 773. The smallest absolute Gasteiger partial charge is 0.257 e. The Kier molecular flexibility index (Phi) is 4.52. The highest BCUT2D eigenvalue weighted by molar-refractivity contribution is 6.30. The lowest BCUT2D eigenvalue weighted by molar-refractivity contribution is 0.0679. The summed E-state index contributed by atoms with van der Waals surface area (Å²) in [5.74, 6) is 0.126. The predicted octanol–water partition coefficient (Wildman–Crippen LogP) is 3.05. The van der Waals surface area contributed by atoms with Crippen molar-refractivity contribution in [1.82, 2.24) is 20.0 Å². The number of fused-ring (bicyclic) bond motifs is 2. The van der Waals surface area contributed by atoms with E-state index in [0.29, 0.717) is 17.1 Å². The van der Waals surface area contributed by atoms with Gasteiger partial charge in [-0.1, -0.05) is 24.6 Å². The summed E-state index contributed by atoms with van der Waals surface area (Å²) in [6.45, 7) is 3.95. The molecule has 2 fully saturated rings. The van der Waals surface area contributed by atoms with E-state index in [2.05, 4.69) is 22.2 Å². The molecule has 3 heterocycles. The van der Waals surface area contributed by atoms with Gasteiger partial charge in [-0.3, -0.25) is 4.79 Å². The third-order valence-corrected chi connectivity index (χ3v) is 5.61. The van der Waals surface area contributed by atoms with Gasteiger partial charge in [0.1, 0.15) is 0 Å². The molecular formula is C19H23ClN4O. The standard InChI is InChI=1S/C19H23ClN4O/c1-2-18-17(12-22-24(18)15-5-3-4-13(20)10-15)19(25)23-14-6-7-16(23)11-21-9-8-14/h3-5,10,12,14,16,21H,2,6-9,11H2,1H3. The Balaban J connectivity index is 1.70. The first kappa shape index (κ1) is 16.6. The fourth-order valence-corrected chi connectivity index (χ4v) is 4.36. The summed E-state index contributed by atoms with van der Waals surface area (Å²) >= 11 is 6.12. The summed E-state index contributed by atoms with van der Waals surface area (Å²) < 4.78 is 1.84. The van der Waals surface area contributed by atoms with Gasteiger partial charge in [-0.2, -0.15) is 5.10 Å². The van der Waals surface area contributed by atoms with E-state index in [4.69, 9.17) is 11.6 Å². The van der Waals surface area contributed by atoms with Crippen LogP contribution in [0.25, 0.3) is 5.69 Å². The third-order valence-electron chi connectivity index (χ3n) is 5.38. The van der Waals surface area contributed by atoms with Crippen LogP contribution in [0.1, 0.15) is 42.2 Å². The minimum atomic E-state index is 0.126. The predicted molar refractivity (Wildman–Crippen MR) is 98.4 cm³/mol. The molecule has 6 heteroatoms. The van der Waals surface area contributed by atoms with Gasteiger partial charge in [0, 0.05) is 23.7 Å². The number of nitrogens with one attached hydrogen (secondary N) is 1. The summed E-state index contributed by atoms with van der Waals surface area (Å²) in [5.41, 5.74) is 2.56. The molecule has 2 bridgehead atoms. The topological polar surface area (TPSA) is 50.2 Å². The van der Waals surface area contributed by atoms with Crippen LogP contribution in [0.15, 0.2) is 30.5 Å². The zero-order chi connectivity index (χ0) is 17.4. The van der Waals surface area contributed by atoms with Crippen molar-refractivity contribution in [3.05, 3.63) is 46.7 Å². The Morgan fingerprint density at radius 1 is 1.32 bits per heavy atom. The first-order chi connectivity index (χ1) is 12.2. The van der Waals surface area contributed by atoms with Crippen molar-refractivity contribution in [3.63, 3.8) is 0 Å². The first-order valence-electron chi connectivity index (χ1n) is 9.05. The van der Waals surface area contributed by atoms with Gasteiger partial charge in [-0.05, 0) is 50.4 Å². The van der Waals surface area contributed by atoms with E-state index in [0.717, 1.165) is 55.7 Å². The number of carbonyl (C=O) groups excluding carboxylic acids is 1. The van der Waals surface area contributed by atoms with Crippen LogP contribution in [0, 0.1) is 0 Å². The molecule has 2 saturated heterocycles. The fraction of sp³-hybridized carbons (Fsp3) is 0.474. The highest BCUT2D eigenvalue weighted by Crippen LogP contribution is 2.30. The van der Waals surface area contributed by atoms with E-state index in [-0.39, 0.29) is 5.91 Å². The van der Waals surface area contributed by atoms with E-state index >= 15 is 0 Å². The Labute approximate surface area is 153 Å².